The Morgan fingerprint density at radius 1 is 1.71 bits per heavy atom. The molecule has 0 spiro atoms. The van der Waals surface area contributed by atoms with Crippen LogP contribution in [0.1, 0.15) is 24.0 Å². The van der Waals surface area contributed by atoms with Crippen LogP contribution in [0.25, 0.3) is 0 Å². The van der Waals surface area contributed by atoms with Gasteiger partial charge in [0.15, 0.2) is 5.82 Å². The first kappa shape index (κ1) is 10.2. The van der Waals surface area contributed by atoms with Crippen LogP contribution >= 0.6 is 0 Å². The summed E-state index contributed by atoms with van der Waals surface area (Å²) in [7, 11) is 0. The minimum absolute atomic E-state index is 0.171. The Balaban J connectivity index is 2.60. The smallest absolute Gasteiger partial charge is 0.287 e. The maximum atomic E-state index is 11.4. The molecule has 0 aromatic carbocycles. The zero-order chi connectivity index (χ0) is 10.6. The van der Waals surface area contributed by atoms with Crippen LogP contribution < -0.4 is 11.1 Å². The number of hydrogen-bond donors (Lipinski definition) is 3. The fourth-order valence-corrected chi connectivity index (χ4v) is 0.990. The fraction of sp³-hybridized carbons (Fsp3) is 0.375. The molecule has 0 aliphatic rings. The highest BCUT2D eigenvalue weighted by Crippen LogP contribution is 1.93. The lowest BCUT2D eigenvalue weighted by Crippen LogP contribution is -2.44. The van der Waals surface area contributed by atoms with E-state index >= 15 is 0 Å². The summed E-state index contributed by atoms with van der Waals surface area (Å²) in [5.74, 6) is -0.808. The molecule has 14 heavy (non-hydrogen) atoms. The van der Waals surface area contributed by atoms with Crippen LogP contribution in [0.15, 0.2) is 12.4 Å². The van der Waals surface area contributed by atoms with Crippen LogP contribution in [-0.4, -0.2) is 27.8 Å². The summed E-state index contributed by atoms with van der Waals surface area (Å²) in [4.78, 5) is 28.6. The molecule has 0 aliphatic carbocycles. The van der Waals surface area contributed by atoms with E-state index in [1.165, 1.54) is 12.4 Å². The molecule has 0 saturated carbocycles. The predicted molar refractivity (Wildman–Crippen MR) is 49.3 cm³/mol. The highest BCUT2D eigenvalue weighted by atomic mass is 16.2. The van der Waals surface area contributed by atoms with Gasteiger partial charge in [-0.25, -0.2) is 4.98 Å². The average Bonchev–Trinajstić information content (AvgIpc) is 2.65. The van der Waals surface area contributed by atoms with Gasteiger partial charge in [0.05, 0.1) is 0 Å². The number of H-pyrrole nitrogens is 1. The van der Waals surface area contributed by atoms with E-state index in [-0.39, 0.29) is 5.82 Å². The quantitative estimate of drug-likeness (QED) is 0.599. The second kappa shape index (κ2) is 4.40. The number of imidazole rings is 1. The number of amides is 2. The third-order valence-corrected chi connectivity index (χ3v) is 1.77. The third-order valence-electron chi connectivity index (χ3n) is 1.77. The van der Waals surface area contributed by atoms with Crippen LogP contribution in [0.5, 0.6) is 0 Å². The number of nitrogens with one attached hydrogen (secondary N) is 2. The zero-order valence-electron chi connectivity index (χ0n) is 7.78. The van der Waals surface area contributed by atoms with Crippen molar-refractivity contribution in [3.05, 3.63) is 18.2 Å². The maximum absolute atomic E-state index is 11.4. The molecule has 1 aromatic heterocycles. The van der Waals surface area contributed by atoms with Crippen LogP contribution in [0.4, 0.5) is 0 Å². The summed E-state index contributed by atoms with van der Waals surface area (Å²) < 4.78 is 0. The molecule has 1 unspecified atom stereocenters. The second-order valence-electron chi connectivity index (χ2n) is 2.77. The van der Waals surface area contributed by atoms with Crippen LogP contribution in [0, 0.1) is 0 Å². The Kier molecular flexibility index (Phi) is 3.22. The van der Waals surface area contributed by atoms with Gasteiger partial charge in [-0.2, -0.15) is 0 Å². The number of rotatable bonds is 4. The van der Waals surface area contributed by atoms with Crippen molar-refractivity contribution in [2.24, 2.45) is 5.73 Å². The van der Waals surface area contributed by atoms with Gasteiger partial charge in [-0.1, -0.05) is 6.92 Å². The van der Waals surface area contributed by atoms with E-state index in [0.29, 0.717) is 6.42 Å². The Bertz CT molecular complexity index is 320. The first-order valence-corrected chi connectivity index (χ1v) is 4.24. The number of aromatic amines is 1. The van der Waals surface area contributed by atoms with Crippen LogP contribution in [0.3, 0.4) is 0 Å². The lowest BCUT2D eigenvalue weighted by Gasteiger charge is -2.11. The van der Waals surface area contributed by atoms with Gasteiger partial charge in [0, 0.05) is 12.4 Å². The first-order chi connectivity index (χ1) is 6.65. The monoisotopic (exact) mass is 196 g/mol. The van der Waals surface area contributed by atoms with Crippen LogP contribution in [0.2, 0.25) is 0 Å². The molecule has 0 bridgehead atoms. The van der Waals surface area contributed by atoms with Crippen LogP contribution in [-0.2, 0) is 4.79 Å². The number of carbonyl (C=O) groups excluding carboxylic acids is 2. The van der Waals surface area contributed by atoms with E-state index in [2.05, 4.69) is 15.3 Å². The predicted octanol–water partition coefficient (Wildman–Crippen LogP) is -0.597. The van der Waals surface area contributed by atoms with Gasteiger partial charge >= 0.3 is 0 Å². The van der Waals surface area contributed by atoms with Gasteiger partial charge in [0.25, 0.3) is 5.91 Å². The molecule has 0 radical (unpaired) electrons. The molecular formula is C8H12N4O2. The van der Waals surface area contributed by atoms with E-state index < -0.39 is 17.9 Å². The number of nitrogens with two attached hydrogens (primary N) is 1. The number of carbonyl (C=O) groups is 2. The van der Waals surface area contributed by atoms with Gasteiger partial charge in [0.2, 0.25) is 5.91 Å². The Morgan fingerprint density at radius 3 is 2.86 bits per heavy atom. The summed E-state index contributed by atoms with van der Waals surface area (Å²) in [5.41, 5.74) is 5.06. The van der Waals surface area contributed by atoms with Crippen molar-refractivity contribution in [1.82, 2.24) is 15.3 Å². The van der Waals surface area contributed by atoms with E-state index in [0.717, 1.165) is 0 Å². The molecule has 1 atom stereocenters. The van der Waals surface area contributed by atoms with E-state index in [1.54, 1.807) is 6.92 Å². The van der Waals surface area contributed by atoms with Crippen molar-refractivity contribution in [2.75, 3.05) is 0 Å². The highest BCUT2D eigenvalue weighted by molar-refractivity contribution is 5.94. The highest BCUT2D eigenvalue weighted by Gasteiger charge is 2.17. The molecule has 0 saturated heterocycles. The summed E-state index contributed by atoms with van der Waals surface area (Å²) in [5, 5.41) is 2.46. The number of hydrogen-bond acceptors (Lipinski definition) is 3. The first-order valence-electron chi connectivity index (χ1n) is 4.24. The van der Waals surface area contributed by atoms with Gasteiger partial charge in [-0.3, -0.25) is 9.59 Å². The Hall–Kier alpha value is -1.85. The molecule has 1 aromatic rings. The number of primary amides is 1. The standard InChI is InChI=1S/C8H12N4O2/c1-2-5(6(9)13)12-8(14)7-10-3-4-11-7/h3-5H,2H2,1H3,(H2,9,13)(H,10,11)(H,12,14). The zero-order valence-corrected chi connectivity index (χ0v) is 7.78. The van der Waals surface area contributed by atoms with Crippen molar-refractivity contribution in [2.45, 2.75) is 19.4 Å². The number of nitrogens with zero attached hydrogens (tertiary/aromatic N) is 1. The largest absolute Gasteiger partial charge is 0.368 e. The van der Waals surface area contributed by atoms with Gasteiger partial charge < -0.3 is 16.0 Å². The van der Waals surface area contributed by atoms with Gasteiger partial charge in [-0.05, 0) is 6.42 Å². The summed E-state index contributed by atoms with van der Waals surface area (Å²) in [6, 6.07) is -0.646. The number of aromatic nitrogens is 2. The molecule has 76 valence electrons. The van der Waals surface area contributed by atoms with E-state index in [9.17, 15) is 9.59 Å². The molecule has 1 rings (SSSR count). The summed E-state index contributed by atoms with van der Waals surface area (Å²) >= 11 is 0. The molecule has 0 aliphatic heterocycles. The van der Waals surface area contributed by atoms with Crippen molar-refractivity contribution in [3.8, 4) is 0 Å². The van der Waals surface area contributed by atoms with Crippen molar-refractivity contribution < 1.29 is 9.59 Å². The van der Waals surface area contributed by atoms with Gasteiger partial charge in [-0.15, -0.1) is 0 Å². The Labute approximate surface area is 80.9 Å². The lowest BCUT2D eigenvalue weighted by atomic mass is 10.2. The van der Waals surface area contributed by atoms with Crippen molar-refractivity contribution >= 4 is 11.8 Å². The maximum Gasteiger partial charge on any atom is 0.287 e. The molecular weight excluding hydrogens is 184 g/mol. The molecule has 2 amide bonds. The lowest BCUT2D eigenvalue weighted by molar-refractivity contribution is -0.119. The SMILES string of the molecule is CCC(NC(=O)c1ncc[nH]1)C(N)=O. The summed E-state index contributed by atoms with van der Waals surface area (Å²) in [6.07, 6.45) is 3.45. The molecule has 1 heterocycles. The van der Waals surface area contributed by atoms with E-state index in [4.69, 9.17) is 5.73 Å². The second-order valence-corrected chi connectivity index (χ2v) is 2.77. The third kappa shape index (κ3) is 2.32. The Morgan fingerprint density at radius 2 is 2.43 bits per heavy atom. The average molecular weight is 196 g/mol. The van der Waals surface area contributed by atoms with Crippen molar-refractivity contribution in [3.63, 3.8) is 0 Å². The molecule has 0 fully saturated rings. The van der Waals surface area contributed by atoms with E-state index in [1.807, 2.05) is 0 Å². The van der Waals surface area contributed by atoms with Crippen molar-refractivity contribution in [1.29, 1.82) is 0 Å². The van der Waals surface area contributed by atoms with Gasteiger partial charge in [0.1, 0.15) is 6.04 Å². The molecule has 6 heteroatoms. The summed E-state index contributed by atoms with van der Waals surface area (Å²) in [6.45, 7) is 1.76. The fourth-order valence-electron chi connectivity index (χ4n) is 0.990. The minimum atomic E-state index is -0.646. The molecule has 6 nitrogen and oxygen atoms in total. The molecule has 4 N–H and O–H groups in total. The topological polar surface area (TPSA) is 101 Å². The normalized spacial score (nSPS) is 12.1. The minimum Gasteiger partial charge on any atom is -0.368 e.